The van der Waals surface area contributed by atoms with Crippen LogP contribution in [0.4, 0.5) is 10.6 Å². The van der Waals surface area contributed by atoms with Gasteiger partial charge in [0.2, 0.25) is 5.28 Å². The first-order valence-electron chi connectivity index (χ1n) is 9.73. The fourth-order valence-electron chi connectivity index (χ4n) is 3.13. The smallest absolute Gasteiger partial charge is 0.409 e. The molecule has 2 heterocycles. The molecule has 0 N–H and O–H groups in total. The summed E-state index contributed by atoms with van der Waals surface area (Å²) in [6.45, 7) is 6.38. The zero-order valence-electron chi connectivity index (χ0n) is 16.2. The number of likely N-dealkylation sites (N-methyl/N-ethyl adjacent to an activating group) is 1. The van der Waals surface area contributed by atoms with Gasteiger partial charge in [-0.25, -0.2) is 14.8 Å². The quantitative estimate of drug-likeness (QED) is 0.495. The van der Waals surface area contributed by atoms with E-state index in [4.69, 9.17) is 16.3 Å². The Kier molecular flexibility index (Phi) is 8.42. The van der Waals surface area contributed by atoms with Crippen LogP contribution >= 0.6 is 11.6 Å². The van der Waals surface area contributed by atoms with Gasteiger partial charge < -0.3 is 14.5 Å². The van der Waals surface area contributed by atoms with Crippen molar-refractivity contribution in [3.05, 3.63) is 17.0 Å². The van der Waals surface area contributed by atoms with Crippen LogP contribution in [0.5, 0.6) is 0 Å². The highest BCUT2D eigenvalue weighted by Gasteiger charge is 2.28. The maximum Gasteiger partial charge on any atom is 0.409 e. The van der Waals surface area contributed by atoms with E-state index in [1.807, 2.05) is 13.1 Å². The Bertz CT molecular complexity index is 585. The third kappa shape index (κ3) is 6.01. The van der Waals surface area contributed by atoms with Crippen molar-refractivity contribution in [2.45, 2.75) is 64.8 Å². The lowest BCUT2D eigenvalue weighted by Crippen LogP contribution is -2.49. The van der Waals surface area contributed by atoms with Crippen molar-refractivity contribution in [1.82, 2.24) is 14.9 Å². The minimum atomic E-state index is -0.241. The number of hydrogen-bond acceptors (Lipinski definition) is 5. The molecule has 26 heavy (non-hydrogen) atoms. The number of anilines is 1. The summed E-state index contributed by atoms with van der Waals surface area (Å²) in [6.07, 6.45) is 6.76. The lowest BCUT2D eigenvalue weighted by Gasteiger charge is -2.37. The molecule has 146 valence electrons. The molecule has 1 amide bonds. The van der Waals surface area contributed by atoms with Crippen molar-refractivity contribution < 1.29 is 9.53 Å². The third-order valence-electron chi connectivity index (χ3n) is 4.80. The van der Waals surface area contributed by atoms with E-state index < -0.39 is 0 Å². The van der Waals surface area contributed by atoms with Crippen LogP contribution in [0.25, 0.3) is 0 Å². The standard InChI is InChI=1S/C19H31ClN4O2/c1-4-6-9-15-13-17(22-18(20)21-15)24-11-8-10-16(14-24)23(3)19(25)26-12-7-5-2/h13,16H,4-12,14H2,1-3H3/t16-/m1/s1. The maximum absolute atomic E-state index is 12.2. The van der Waals surface area contributed by atoms with E-state index in [1.54, 1.807) is 4.90 Å². The predicted octanol–water partition coefficient (Wildman–Crippen LogP) is 4.31. The van der Waals surface area contributed by atoms with Gasteiger partial charge >= 0.3 is 6.09 Å². The van der Waals surface area contributed by atoms with Crippen LogP contribution in [-0.2, 0) is 11.2 Å². The molecule has 7 heteroatoms. The van der Waals surface area contributed by atoms with Crippen molar-refractivity contribution in [2.24, 2.45) is 0 Å². The van der Waals surface area contributed by atoms with Crippen LogP contribution in [0, 0.1) is 0 Å². The minimum Gasteiger partial charge on any atom is -0.449 e. The van der Waals surface area contributed by atoms with Crippen molar-refractivity contribution in [3.63, 3.8) is 0 Å². The molecular weight excluding hydrogens is 352 g/mol. The number of aryl methyl sites for hydroxylation is 1. The number of aromatic nitrogens is 2. The van der Waals surface area contributed by atoms with E-state index in [1.165, 1.54) is 0 Å². The first kappa shape index (κ1) is 20.7. The Morgan fingerprint density at radius 1 is 1.35 bits per heavy atom. The zero-order valence-corrected chi connectivity index (χ0v) is 17.0. The molecule has 1 aliphatic rings. The molecule has 2 rings (SSSR count). The maximum atomic E-state index is 12.2. The minimum absolute atomic E-state index is 0.116. The van der Waals surface area contributed by atoms with Gasteiger partial charge in [0, 0.05) is 31.9 Å². The Hall–Kier alpha value is -1.56. The number of piperidine rings is 1. The number of carbonyl (C=O) groups is 1. The van der Waals surface area contributed by atoms with Gasteiger partial charge in [0.1, 0.15) is 5.82 Å². The van der Waals surface area contributed by atoms with Crippen molar-refractivity contribution >= 4 is 23.5 Å². The lowest BCUT2D eigenvalue weighted by atomic mass is 10.0. The van der Waals surface area contributed by atoms with Crippen LogP contribution in [0.3, 0.4) is 0 Å². The van der Waals surface area contributed by atoms with E-state index in [9.17, 15) is 4.79 Å². The van der Waals surface area contributed by atoms with Gasteiger partial charge in [-0.2, -0.15) is 0 Å². The summed E-state index contributed by atoms with van der Waals surface area (Å²) < 4.78 is 5.34. The van der Waals surface area contributed by atoms with Crippen LogP contribution < -0.4 is 4.90 Å². The molecule has 0 bridgehead atoms. The molecule has 1 aromatic heterocycles. The van der Waals surface area contributed by atoms with E-state index in [2.05, 4.69) is 28.7 Å². The number of rotatable bonds is 8. The highest BCUT2D eigenvalue weighted by molar-refractivity contribution is 6.28. The average molecular weight is 383 g/mol. The molecule has 1 aliphatic heterocycles. The molecule has 1 fully saturated rings. The third-order valence-corrected chi connectivity index (χ3v) is 4.97. The Morgan fingerprint density at radius 2 is 2.12 bits per heavy atom. The molecule has 0 aliphatic carbocycles. The van der Waals surface area contributed by atoms with Crippen molar-refractivity contribution in [2.75, 3.05) is 31.6 Å². The van der Waals surface area contributed by atoms with E-state index in [-0.39, 0.29) is 12.1 Å². The average Bonchev–Trinajstić information content (AvgIpc) is 2.65. The second-order valence-electron chi connectivity index (χ2n) is 6.91. The summed E-state index contributed by atoms with van der Waals surface area (Å²) in [4.78, 5) is 24.9. The van der Waals surface area contributed by atoms with Gasteiger partial charge in [-0.05, 0) is 43.7 Å². The normalized spacial score (nSPS) is 17.2. The second-order valence-corrected chi connectivity index (χ2v) is 7.25. The number of carbonyl (C=O) groups excluding carboxylic acids is 1. The topological polar surface area (TPSA) is 58.6 Å². The highest BCUT2D eigenvalue weighted by atomic mass is 35.5. The van der Waals surface area contributed by atoms with Crippen LogP contribution in [0.1, 0.15) is 58.1 Å². The van der Waals surface area contributed by atoms with Crippen LogP contribution in [0.2, 0.25) is 5.28 Å². The highest BCUT2D eigenvalue weighted by Crippen LogP contribution is 2.23. The number of halogens is 1. The molecule has 0 spiro atoms. The van der Waals surface area contributed by atoms with Gasteiger partial charge in [-0.1, -0.05) is 26.7 Å². The number of ether oxygens (including phenoxy) is 1. The van der Waals surface area contributed by atoms with Crippen molar-refractivity contribution in [3.8, 4) is 0 Å². The number of nitrogens with zero attached hydrogens (tertiary/aromatic N) is 4. The molecule has 1 aromatic rings. The first-order valence-corrected chi connectivity index (χ1v) is 10.1. The molecule has 6 nitrogen and oxygen atoms in total. The molecule has 0 unspecified atom stereocenters. The summed E-state index contributed by atoms with van der Waals surface area (Å²) in [5, 5.41) is 0.294. The number of amides is 1. The van der Waals surface area contributed by atoms with Crippen LogP contribution in [-0.4, -0.2) is 53.7 Å². The Balaban J connectivity index is 2.01. The Labute approximate surface area is 161 Å². The molecule has 0 saturated carbocycles. The van der Waals surface area contributed by atoms with E-state index in [0.29, 0.717) is 11.9 Å². The number of unbranched alkanes of at least 4 members (excludes halogenated alkanes) is 2. The van der Waals surface area contributed by atoms with Gasteiger partial charge in [0.15, 0.2) is 0 Å². The zero-order chi connectivity index (χ0) is 18.9. The molecule has 0 aromatic carbocycles. The summed E-state index contributed by atoms with van der Waals surface area (Å²) >= 11 is 6.14. The summed E-state index contributed by atoms with van der Waals surface area (Å²) in [5.41, 5.74) is 0.983. The lowest BCUT2D eigenvalue weighted by molar-refractivity contribution is 0.0924. The summed E-state index contributed by atoms with van der Waals surface area (Å²) in [5.74, 6) is 0.855. The van der Waals surface area contributed by atoms with Crippen molar-refractivity contribution in [1.29, 1.82) is 0 Å². The number of hydrogen-bond donors (Lipinski definition) is 0. The first-order chi connectivity index (χ1) is 12.5. The van der Waals surface area contributed by atoms with E-state index >= 15 is 0 Å². The molecule has 1 saturated heterocycles. The SMILES string of the molecule is CCCCOC(=O)N(C)[C@@H]1CCCN(c2cc(CCCC)nc(Cl)n2)C1. The van der Waals surface area contributed by atoms with Gasteiger partial charge in [0.25, 0.3) is 0 Å². The summed E-state index contributed by atoms with van der Waals surface area (Å²) in [6, 6.07) is 2.15. The fourth-order valence-corrected chi connectivity index (χ4v) is 3.33. The van der Waals surface area contributed by atoms with Crippen LogP contribution in [0.15, 0.2) is 6.07 Å². The monoisotopic (exact) mass is 382 g/mol. The molecule has 1 atom stereocenters. The Morgan fingerprint density at radius 3 is 2.85 bits per heavy atom. The molecule has 0 radical (unpaired) electrons. The second kappa shape index (κ2) is 10.6. The van der Waals surface area contributed by atoms with Gasteiger partial charge in [0.05, 0.1) is 12.6 Å². The van der Waals surface area contributed by atoms with Gasteiger partial charge in [-0.15, -0.1) is 0 Å². The molecular formula is C19H31ClN4O2. The fraction of sp³-hybridized carbons (Fsp3) is 0.737. The largest absolute Gasteiger partial charge is 0.449 e. The summed E-state index contributed by atoms with van der Waals surface area (Å²) in [7, 11) is 1.82. The van der Waals surface area contributed by atoms with E-state index in [0.717, 1.165) is 69.5 Å². The predicted molar refractivity (Wildman–Crippen MR) is 105 cm³/mol. The van der Waals surface area contributed by atoms with Gasteiger partial charge in [-0.3, -0.25) is 0 Å².